The minimum Gasteiger partial charge on any atom is -0.370 e. The van der Waals surface area contributed by atoms with E-state index in [0.29, 0.717) is 5.92 Å². The van der Waals surface area contributed by atoms with Crippen molar-refractivity contribution in [3.8, 4) is 0 Å². The quantitative estimate of drug-likeness (QED) is 0.690. The van der Waals surface area contributed by atoms with Crippen LogP contribution in [0.3, 0.4) is 0 Å². The Morgan fingerprint density at radius 2 is 1.67 bits per heavy atom. The molecular formula is C17H23F3O. The van der Waals surface area contributed by atoms with Crippen molar-refractivity contribution in [1.82, 2.24) is 0 Å². The third-order valence-corrected chi connectivity index (χ3v) is 3.90. The minimum absolute atomic E-state index is 0.0976. The fourth-order valence-corrected chi connectivity index (χ4v) is 3.02. The second kappa shape index (κ2) is 5.64. The summed E-state index contributed by atoms with van der Waals surface area (Å²) in [6.45, 7) is 8.62. The summed E-state index contributed by atoms with van der Waals surface area (Å²) in [4.78, 5) is 0. The van der Waals surface area contributed by atoms with Crippen LogP contribution < -0.4 is 0 Å². The van der Waals surface area contributed by atoms with E-state index in [0.717, 1.165) is 30.5 Å². The lowest BCUT2D eigenvalue weighted by Gasteiger charge is -2.23. The molecule has 3 atom stereocenters. The molecule has 1 saturated heterocycles. The highest BCUT2D eigenvalue weighted by Gasteiger charge is 2.36. The van der Waals surface area contributed by atoms with E-state index in [9.17, 15) is 13.2 Å². The molecule has 0 aromatic heterocycles. The zero-order valence-electron chi connectivity index (χ0n) is 13.0. The molecule has 1 heterocycles. The Bertz CT molecular complexity index is 470. The standard InChI is InChI=1S/C17H23F3O/c1-11-9-14(10-16(2,3)4)21-15(11)12-5-7-13(8-6-12)17(18,19)20/h5-8,11,14-15H,9-10H2,1-4H3/t11-,14+,15?/m1/s1. The van der Waals surface area contributed by atoms with E-state index < -0.39 is 11.7 Å². The zero-order valence-corrected chi connectivity index (χ0v) is 13.0. The molecule has 118 valence electrons. The van der Waals surface area contributed by atoms with Crippen LogP contribution in [0.1, 0.15) is 57.8 Å². The first kappa shape index (κ1) is 16.3. The van der Waals surface area contributed by atoms with Gasteiger partial charge in [-0.15, -0.1) is 0 Å². The summed E-state index contributed by atoms with van der Waals surface area (Å²) < 4.78 is 43.9. The summed E-state index contributed by atoms with van der Waals surface area (Å²) in [6.07, 6.45) is -2.26. The predicted octanol–water partition coefficient (Wildman–Crippen LogP) is 5.61. The fraction of sp³-hybridized carbons (Fsp3) is 0.647. The number of hydrogen-bond donors (Lipinski definition) is 0. The molecule has 1 aromatic rings. The lowest BCUT2D eigenvalue weighted by Crippen LogP contribution is -2.17. The topological polar surface area (TPSA) is 9.23 Å². The molecule has 4 heteroatoms. The maximum atomic E-state index is 12.6. The SMILES string of the molecule is C[C@@H]1C[C@@H](CC(C)(C)C)OC1c1ccc(C(F)(F)F)cc1. The van der Waals surface area contributed by atoms with Crippen LogP contribution in [0.2, 0.25) is 0 Å². The lowest BCUT2D eigenvalue weighted by molar-refractivity contribution is -0.137. The largest absolute Gasteiger partial charge is 0.416 e. The average molecular weight is 300 g/mol. The number of benzene rings is 1. The van der Waals surface area contributed by atoms with Crippen LogP contribution >= 0.6 is 0 Å². The van der Waals surface area contributed by atoms with Gasteiger partial charge in [-0.1, -0.05) is 39.8 Å². The van der Waals surface area contributed by atoms with Gasteiger partial charge in [-0.2, -0.15) is 13.2 Å². The second-order valence-electron chi connectivity index (χ2n) is 7.28. The molecule has 1 unspecified atom stereocenters. The van der Waals surface area contributed by atoms with Crippen LogP contribution in [0, 0.1) is 11.3 Å². The monoisotopic (exact) mass is 300 g/mol. The first-order chi connectivity index (χ1) is 9.56. The summed E-state index contributed by atoms with van der Waals surface area (Å²) in [5.74, 6) is 0.328. The Morgan fingerprint density at radius 1 is 1.10 bits per heavy atom. The normalized spacial score (nSPS) is 27.1. The number of hydrogen-bond acceptors (Lipinski definition) is 1. The summed E-state index contributed by atoms with van der Waals surface area (Å²) in [5, 5.41) is 0. The van der Waals surface area contributed by atoms with Crippen molar-refractivity contribution in [3.05, 3.63) is 35.4 Å². The molecule has 0 bridgehead atoms. The molecule has 0 saturated carbocycles. The molecule has 1 aliphatic rings. The molecule has 0 aliphatic carbocycles. The molecule has 0 N–H and O–H groups in total. The van der Waals surface area contributed by atoms with Crippen LogP contribution in [0.5, 0.6) is 0 Å². The molecule has 0 radical (unpaired) electrons. The van der Waals surface area contributed by atoms with Gasteiger partial charge >= 0.3 is 6.18 Å². The molecule has 0 spiro atoms. The highest BCUT2D eigenvalue weighted by Crippen LogP contribution is 2.42. The van der Waals surface area contributed by atoms with E-state index in [1.54, 1.807) is 12.1 Å². The molecule has 1 fully saturated rings. The smallest absolute Gasteiger partial charge is 0.370 e. The van der Waals surface area contributed by atoms with E-state index in [4.69, 9.17) is 4.74 Å². The van der Waals surface area contributed by atoms with Gasteiger partial charge in [0.15, 0.2) is 0 Å². The van der Waals surface area contributed by atoms with Crippen LogP contribution in [0.25, 0.3) is 0 Å². The first-order valence-corrected chi connectivity index (χ1v) is 7.39. The fourth-order valence-electron chi connectivity index (χ4n) is 3.02. The highest BCUT2D eigenvalue weighted by molar-refractivity contribution is 5.27. The van der Waals surface area contributed by atoms with Crippen molar-refractivity contribution in [3.63, 3.8) is 0 Å². The molecule has 21 heavy (non-hydrogen) atoms. The molecule has 1 aromatic carbocycles. The zero-order chi connectivity index (χ0) is 15.8. The summed E-state index contributed by atoms with van der Waals surface area (Å²) in [6, 6.07) is 5.37. The maximum absolute atomic E-state index is 12.6. The van der Waals surface area contributed by atoms with E-state index in [2.05, 4.69) is 27.7 Å². The second-order valence-corrected chi connectivity index (χ2v) is 7.28. The maximum Gasteiger partial charge on any atom is 0.416 e. The molecule has 2 rings (SSSR count). The van der Waals surface area contributed by atoms with E-state index in [-0.39, 0.29) is 17.6 Å². The van der Waals surface area contributed by atoms with Crippen molar-refractivity contribution in [2.75, 3.05) is 0 Å². The van der Waals surface area contributed by atoms with Gasteiger partial charge in [-0.05, 0) is 41.9 Å². The summed E-state index contributed by atoms with van der Waals surface area (Å²) in [7, 11) is 0. The van der Waals surface area contributed by atoms with Crippen molar-refractivity contribution in [2.45, 2.75) is 58.9 Å². The number of halogens is 3. The third kappa shape index (κ3) is 4.22. The van der Waals surface area contributed by atoms with Gasteiger partial charge in [0.25, 0.3) is 0 Å². The van der Waals surface area contributed by atoms with Gasteiger partial charge in [0, 0.05) is 0 Å². The first-order valence-electron chi connectivity index (χ1n) is 7.39. The minimum atomic E-state index is -4.28. The lowest BCUT2D eigenvalue weighted by atomic mass is 9.86. The van der Waals surface area contributed by atoms with Gasteiger partial charge in [0.05, 0.1) is 17.8 Å². The van der Waals surface area contributed by atoms with Crippen molar-refractivity contribution >= 4 is 0 Å². The predicted molar refractivity (Wildman–Crippen MR) is 76.9 cm³/mol. The van der Waals surface area contributed by atoms with Crippen LogP contribution in [-0.4, -0.2) is 6.10 Å². The number of ether oxygens (including phenoxy) is 1. The van der Waals surface area contributed by atoms with Crippen molar-refractivity contribution < 1.29 is 17.9 Å². The summed E-state index contributed by atoms with van der Waals surface area (Å²) in [5.41, 5.74) is 0.425. The van der Waals surface area contributed by atoms with Gasteiger partial charge in [-0.25, -0.2) is 0 Å². The number of alkyl halides is 3. The van der Waals surface area contributed by atoms with E-state index >= 15 is 0 Å². The molecule has 1 aliphatic heterocycles. The van der Waals surface area contributed by atoms with Crippen molar-refractivity contribution in [1.29, 1.82) is 0 Å². The molecule has 1 nitrogen and oxygen atoms in total. The Labute approximate surface area is 124 Å². The Hall–Kier alpha value is -1.03. The van der Waals surface area contributed by atoms with E-state index in [1.165, 1.54) is 0 Å². The van der Waals surface area contributed by atoms with Gasteiger partial charge in [0.1, 0.15) is 0 Å². The third-order valence-electron chi connectivity index (χ3n) is 3.90. The van der Waals surface area contributed by atoms with Crippen molar-refractivity contribution in [2.24, 2.45) is 11.3 Å². The van der Waals surface area contributed by atoms with Gasteiger partial charge in [-0.3, -0.25) is 0 Å². The Morgan fingerprint density at radius 3 is 2.14 bits per heavy atom. The highest BCUT2D eigenvalue weighted by atomic mass is 19.4. The summed E-state index contributed by atoms with van der Waals surface area (Å²) >= 11 is 0. The number of rotatable bonds is 2. The molecule has 0 amide bonds. The van der Waals surface area contributed by atoms with Crippen LogP contribution in [0.15, 0.2) is 24.3 Å². The van der Waals surface area contributed by atoms with Gasteiger partial charge in [0.2, 0.25) is 0 Å². The van der Waals surface area contributed by atoms with Gasteiger partial charge < -0.3 is 4.74 Å². The average Bonchev–Trinajstić information content (AvgIpc) is 2.66. The molecular weight excluding hydrogens is 277 g/mol. The Balaban J connectivity index is 2.08. The van der Waals surface area contributed by atoms with Crippen LogP contribution in [-0.2, 0) is 10.9 Å². The van der Waals surface area contributed by atoms with E-state index in [1.807, 2.05) is 0 Å². The van der Waals surface area contributed by atoms with Crippen LogP contribution in [0.4, 0.5) is 13.2 Å². The Kier molecular flexibility index (Phi) is 4.39.